The van der Waals surface area contributed by atoms with Crippen LogP contribution >= 0.6 is 24.4 Å². The number of aromatic hydroxyl groups is 1. The second-order valence-electron chi connectivity index (χ2n) is 20.2. The highest BCUT2D eigenvalue weighted by atomic mass is 32.2. The summed E-state index contributed by atoms with van der Waals surface area (Å²) in [5.41, 5.74) is 11.5. The number of hydrogen-bond donors (Lipinski definition) is 20. The summed E-state index contributed by atoms with van der Waals surface area (Å²) >= 11 is 5.41. The van der Waals surface area contributed by atoms with Crippen LogP contribution in [0.5, 0.6) is 5.75 Å². The first-order chi connectivity index (χ1) is 41.8. The maximum Gasteiger partial charge on any atom is 0.326 e. The van der Waals surface area contributed by atoms with Crippen LogP contribution in [0.4, 0.5) is 0 Å². The number of amides is 12. The summed E-state index contributed by atoms with van der Waals surface area (Å²) in [4.78, 5) is 200. The number of primary amides is 1. The molecule has 0 radical (unpaired) electrons. The lowest BCUT2D eigenvalue weighted by Gasteiger charge is -2.28. The van der Waals surface area contributed by atoms with Gasteiger partial charge >= 0.3 is 17.9 Å². The summed E-state index contributed by atoms with van der Waals surface area (Å²) in [6, 6.07) is -8.36. The zero-order chi connectivity index (χ0) is 67.1. The number of carboxylic acid groups (broad SMARTS) is 3. The summed E-state index contributed by atoms with van der Waals surface area (Å²) in [5, 5.41) is 74.1. The Bertz CT molecular complexity index is 2810. The molecule has 21 N–H and O–H groups in total. The Morgan fingerprint density at radius 1 is 0.573 bits per heavy atom. The fourth-order valence-electron chi connectivity index (χ4n) is 7.80. The van der Waals surface area contributed by atoms with E-state index >= 15 is 0 Å². The zero-order valence-corrected chi connectivity index (χ0v) is 50.5. The lowest BCUT2D eigenvalue weighted by Crippen LogP contribution is -2.62. The molecule has 0 aliphatic carbocycles. The first kappa shape index (κ1) is 76.0. The number of rotatable bonds is 41. The number of imidazole rings is 1. The molecule has 0 fully saturated rings. The number of thiol groups is 1. The topological polar surface area (TPSA) is 570 Å². The third-order valence-corrected chi connectivity index (χ3v) is 13.7. The van der Waals surface area contributed by atoms with Gasteiger partial charge in [-0.15, -0.1) is 0 Å². The van der Waals surface area contributed by atoms with Crippen LogP contribution in [0.1, 0.15) is 70.6 Å². The highest BCUT2D eigenvalue weighted by Crippen LogP contribution is 2.13. The van der Waals surface area contributed by atoms with E-state index in [9.17, 15) is 97.5 Å². The number of nitrogens with zero attached hydrogens (tertiary/aromatic N) is 1. The molecule has 1 heterocycles. The van der Waals surface area contributed by atoms with Crippen molar-refractivity contribution >= 4 is 113 Å². The van der Waals surface area contributed by atoms with Gasteiger partial charge in [0.1, 0.15) is 54.1 Å². The molecule has 12 amide bonds. The fourth-order valence-corrected chi connectivity index (χ4v) is 8.43. The Balaban J connectivity index is 2.25. The molecule has 0 unspecified atom stereocenters. The molecule has 89 heavy (non-hydrogen) atoms. The minimum atomic E-state index is -1.93. The molecule has 1 aromatic heterocycles. The van der Waals surface area contributed by atoms with Crippen LogP contribution in [0.3, 0.4) is 0 Å². The van der Waals surface area contributed by atoms with Gasteiger partial charge in [-0.05, 0) is 61.8 Å². The SMILES string of the molecule is CSCC[C@H](NC(=O)[C@@H](N)CS)C(=O)N[C@@H](Cc1ccc(O)cc1)C(=O)NCC(=O)NCC(=O)N[C@H](C(=O)N[C@H](C(=O)N[C@@H](CCC(=O)O)C(=O)N[C@@H](Cc1cnc[nH]1)C(=O)N[C@@H](CCC(=O)O)C(=O)NCC(=O)N[C@@H](CC(N)=O)C(=O)O)[C@@H](C)O)C(C)C. The molecule has 0 aliphatic rings. The molecule has 35 nitrogen and oxygen atoms in total. The number of aliphatic hydroxyl groups is 1. The predicted molar refractivity (Wildman–Crippen MR) is 315 cm³/mol. The zero-order valence-electron chi connectivity index (χ0n) is 48.8. The number of H-pyrrole nitrogens is 1. The average molecular weight is 1300 g/mol. The first-order valence-corrected chi connectivity index (χ1v) is 29.3. The molecule has 0 bridgehead atoms. The number of carboxylic acids is 3. The number of carbonyl (C=O) groups is 15. The lowest BCUT2D eigenvalue weighted by atomic mass is 10.0. The van der Waals surface area contributed by atoms with E-state index in [-0.39, 0.29) is 30.0 Å². The van der Waals surface area contributed by atoms with Crippen LogP contribution in [0, 0.1) is 5.92 Å². The van der Waals surface area contributed by atoms with Crippen molar-refractivity contribution in [2.24, 2.45) is 17.4 Å². The van der Waals surface area contributed by atoms with Crippen molar-refractivity contribution in [3.63, 3.8) is 0 Å². The van der Waals surface area contributed by atoms with Gasteiger partial charge in [-0.1, -0.05) is 26.0 Å². The number of benzene rings is 1. The summed E-state index contributed by atoms with van der Waals surface area (Å²) in [6.07, 6.45) is -1.62. The Labute approximate surface area is 518 Å². The third-order valence-electron chi connectivity index (χ3n) is 12.6. The average Bonchev–Trinajstić information content (AvgIpc) is 3.57. The smallest absolute Gasteiger partial charge is 0.326 e. The maximum atomic E-state index is 14.0. The van der Waals surface area contributed by atoms with Gasteiger partial charge < -0.3 is 100 Å². The summed E-state index contributed by atoms with van der Waals surface area (Å²) in [5.74, 6) is -17.3. The molecule has 0 spiro atoms. The van der Waals surface area contributed by atoms with Crippen LogP contribution in [-0.4, -0.2) is 222 Å². The van der Waals surface area contributed by atoms with Crippen LogP contribution < -0.4 is 70.0 Å². The minimum Gasteiger partial charge on any atom is -0.508 e. The molecular weight excluding hydrogens is 1220 g/mol. The lowest BCUT2D eigenvalue weighted by molar-refractivity contribution is -0.143. The van der Waals surface area contributed by atoms with Crippen LogP contribution in [0.15, 0.2) is 36.8 Å². The van der Waals surface area contributed by atoms with Gasteiger partial charge in [-0.25, -0.2) is 9.78 Å². The molecule has 1 aromatic carbocycles. The summed E-state index contributed by atoms with van der Waals surface area (Å²) in [6.45, 7) is 1.57. The van der Waals surface area contributed by atoms with Gasteiger partial charge in [0, 0.05) is 43.3 Å². The number of phenolic OH excluding ortho intramolecular Hbond substituents is 1. The van der Waals surface area contributed by atoms with E-state index in [2.05, 4.69) is 75.8 Å². The molecule has 0 saturated carbocycles. The third kappa shape index (κ3) is 29.0. The van der Waals surface area contributed by atoms with Crippen molar-refractivity contribution in [3.8, 4) is 5.75 Å². The van der Waals surface area contributed by atoms with E-state index in [1.54, 1.807) is 6.26 Å². The number of hydrogen-bond acceptors (Lipinski definition) is 21. The molecule has 492 valence electrons. The number of aromatic nitrogens is 2. The van der Waals surface area contributed by atoms with Crippen LogP contribution in [0.25, 0.3) is 0 Å². The van der Waals surface area contributed by atoms with Crippen LogP contribution in [0.2, 0.25) is 0 Å². The van der Waals surface area contributed by atoms with Crippen molar-refractivity contribution in [2.45, 2.75) is 133 Å². The number of nitrogens with one attached hydrogen (secondary N) is 12. The van der Waals surface area contributed by atoms with Gasteiger partial charge in [0.15, 0.2) is 0 Å². The highest BCUT2D eigenvalue weighted by Gasteiger charge is 2.36. The van der Waals surface area contributed by atoms with Gasteiger partial charge in [-0.2, -0.15) is 24.4 Å². The maximum absolute atomic E-state index is 14.0. The van der Waals surface area contributed by atoms with E-state index in [4.69, 9.17) is 11.5 Å². The minimum absolute atomic E-state index is 0.0197. The standard InChI is InChI=1S/C52H77N15O20S2/c1-24(2)42(66-39(73)20-56-37(71)19-57-46(80)33(15-26-5-7-28(69)8-6-26)64-48(82)32(13-14-89-4)61-44(78)29(53)22-88)50(84)67-43(25(3)68)51(85)63-31(10-12-41(76)77)47(81)65-34(16-27-18-55-23-59-27)49(83)62-30(9-11-40(74)75)45(79)58-21-38(72)60-35(52(86)87)17-36(54)70/h5-8,18,23-25,29-35,42-43,68-69,88H,9-17,19-22,53H2,1-4H3,(H2,54,70)(H,55,59)(H,56,71)(H,57,80)(H,58,79)(H,60,72)(H,61,78)(H,62,83)(H,63,85)(H,64,82)(H,65,81)(H,66,73)(H,67,84)(H,74,75)(H,76,77)(H,86,87)/t25-,29+,30+,31+,32+,33+,34+,35+,42+,43+/m1/s1. The number of aromatic amines is 1. The largest absolute Gasteiger partial charge is 0.508 e. The van der Waals surface area contributed by atoms with Gasteiger partial charge in [0.2, 0.25) is 70.9 Å². The van der Waals surface area contributed by atoms with E-state index in [1.165, 1.54) is 62.4 Å². The Morgan fingerprint density at radius 2 is 1.04 bits per heavy atom. The van der Waals surface area contributed by atoms with Crippen molar-refractivity contribution in [1.29, 1.82) is 0 Å². The Morgan fingerprint density at radius 3 is 1.55 bits per heavy atom. The highest BCUT2D eigenvalue weighted by molar-refractivity contribution is 7.98. The van der Waals surface area contributed by atoms with Crippen molar-refractivity contribution in [1.82, 2.24) is 68.5 Å². The molecular formula is C52H77N15O20S2. The van der Waals surface area contributed by atoms with E-state index in [0.29, 0.717) is 11.3 Å². The Kier molecular flexibility index (Phi) is 33.2. The number of thioether (sulfide) groups is 1. The predicted octanol–water partition coefficient (Wildman–Crippen LogP) is -7.14. The Hall–Kier alpha value is -9.10. The first-order valence-electron chi connectivity index (χ1n) is 27.3. The number of carbonyl (C=O) groups excluding carboxylic acids is 12. The molecule has 0 aliphatic heterocycles. The van der Waals surface area contributed by atoms with Crippen molar-refractivity contribution < 1.29 is 97.5 Å². The monoisotopic (exact) mass is 1300 g/mol. The molecule has 37 heteroatoms. The normalized spacial score (nSPS) is 14.3. The number of nitrogens with two attached hydrogens (primary N) is 2. The summed E-state index contributed by atoms with van der Waals surface area (Å²) in [7, 11) is 0. The van der Waals surface area contributed by atoms with E-state index < -0.39 is 213 Å². The second-order valence-corrected chi connectivity index (χ2v) is 21.6. The van der Waals surface area contributed by atoms with Crippen molar-refractivity contribution in [3.05, 3.63) is 48.0 Å². The van der Waals surface area contributed by atoms with Gasteiger partial charge in [-0.3, -0.25) is 67.1 Å². The fraction of sp³-hybridized carbons (Fsp3) is 0.538. The van der Waals surface area contributed by atoms with E-state index in [0.717, 1.165) is 6.92 Å². The quantitative estimate of drug-likeness (QED) is 0.0275. The van der Waals surface area contributed by atoms with Gasteiger partial charge in [0.05, 0.1) is 44.5 Å². The molecule has 10 atom stereocenters. The van der Waals surface area contributed by atoms with Gasteiger partial charge in [0.25, 0.3) is 0 Å². The number of phenols is 1. The second kappa shape index (κ2) is 38.9. The number of aliphatic hydroxyl groups excluding tert-OH is 1. The summed E-state index contributed by atoms with van der Waals surface area (Å²) < 4.78 is 0. The molecule has 0 saturated heterocycles. The number of aliphatic carboxylic acids is 3. The molecule has 2 rings (SSSR count). The van der Waals surface area contributed by atoms with Crippen LogP contribution in [-0.2, 0) is 84.8 Å². The van der Waals surface area contributed by atoms with E-state index in [1.807, 2.05) is 5.32 Å². The molecule has 2 aromatic rings. The van der Waals surface area contributed by atoms with Crippen molar-refractivity contribution in [2.75, 3.05) is 37.4 Å².